The van der Waals surface area contributed by atoms with Gasteiger partial charge in [-0.15, -0.1) is 11.8 Å². The molecule has 0 radical (unpaired) electrons. The Bertz CT molecular complexity index is 164. The lowest BCUT2D eigenvalue weighted by atomic mass is 10.1. The van der Waals surface area contributed by atoms with Gasteiger partial charge in [0, 0.05) is 0 Å². The van der Waals surface area contributed by atoms with Gasteiger partial charge in [-0.1, -0.05) is 13.8 Å². The van der Waals surface area contributed by atoms with Crippen molar-refractivity contribution in [2.75, 3.05) is 5.75 Å². The lowest BCUT2D eigenvalue weighted by Gasteiger charge is -2.14. The van der Waals surface area contributed by atoms with Crippen molar-refractivity contribution in [2.45, 2.75) is 31.9 Å². The number of hydrogen-bond acceptors (Lipinski definition) is 2. The van der Waals surface area contributed by atoms with Crippen LogP contribution < -0.4 is 0 Å². The summed E-state index contributed by atoms with van der Waals surface area (Å²) in [5.41, 5.74) is 0. The third-order valence-electron chi connectivity index (χ3n) is 2.06. The molecule has 1 aliphatic carbocycles. The van der Waals surface area contributed by atoms with E-state index in [2.05, 4.69) is 0 Å². The smallest absolute Gasteiger partial charge is 0.316 e. The average molecular weight is 188 g/mol. The maximum Gasteiger partial charge on any atom is 0.316 e. The lowest BCUT2D eigenvalue weighted by Crippen LogP contribution is -2.23. The van der Waals surface area contributed by atoms with Gasteiger partial charge in [0.2, 0.25) is 0 Å². The Balaban J connectivity index is 2.26. The van der Waals surface area contributed by atoms with Gasteiger partial charge in [-0.25, -0.2) is 0 Å². The van der Waals surface area contributed by atoms with Crippen LogP contribution in [0.15, 0.2) is 0 Å². The highest BCUT2D eigenvalue weighted by molar-refractivity contribution is 8.00. The highest BCUT2D eigenvalue weighted by atomic mass is 32.2. The first-order valence-electron chi connectivity index (χ1n) is 4.45. The average Bonchev–Trinajstić information content (AvgIpc) is 2.69. The van der Waals surface area contributed by atoms with Gasteiger partial charge in [-0.05, 0) is 30.4 Å². The summed E-state index contributed by atoms with van der Waals surface area (Å²) in [5.74, 6) is 1.44. The van der Waals surface area contributed by atoms with Crippen molar-refractivity contribution in [3.63, 3.8) is 0 Å². The van der Waals surface area contributed by atoms with Crippen molar-refractivity contribution in [1.82, 2.24) is 0 Å². The first-order chi connectivity index (χ1) is 5.61. The molecule has 0 aliphatic heterocycles. The molecule has 1 unspecified atom stereocenters. The van der Waals surface area contributed by atoms with E-state index in [4.69, 9.17) is 5.11 Å². The molecule has 0 aromatic rings. The SMILES string of the molecule is CC(C)C(SCC1CC1)C(=O)O. The second-order valence-electron chi connectivity index (χ2n) is 3.78. The summed E-state index contributed by atoms with van der Waals surface area (Å²) in [7, 11) is 0. The van der Waals surface area contributed by atoms with Crippen molar-refractivity contribution in [1.29, 1.82) is 0 Å². The Morgan fingerprint density at radius 2 is 2.17 bits per heavy atom. The monoisotopic (exact) mass is 188 g/mol. The van der Waals surface area contributed by atoms with Crippen molar-refractivity contribution < 1.29 is 9.90 Å². The number of aliphatic carboxylic acids is 1. The second-order valence-corrected chi connectivity index (χ2v) is 4.95. The van der Waals surface area contributed by atoms with Crippen LogP contribution in [0.2, 0.25) is 0 Å². The molecule has 1 fully saturated rings. The minimum absolute atomic E-state index is 0.203. The van der Waals surface area contributed by atoms with Crippen molar-refractivity contribution in [3.05, 3.63) is 0 Å². The number of hydrogen-bond donors (Lipinski definition) is 1. The zero-order valence-electron chi connectivity index (χ0n) is 7.62. The molecule has 2 nitrogen and oxygen atoms in total. The van der Waals surface area contributed by atoms with E-state index >= 15 is 0 Å². The van der Waals surface area contributed by atoms with Crippen molar-refractivity contribution >= 4 is 17.7 Å². The fraction of sp³-hybridized carbons (Fsp3) is 0.889. The fourth-order valence-electron chi connectivity index (χ4n) is 1.07. The topological polar surface area (TPSA) is 37.3 Å². The summed E-state index contributed by atoms with van der Waals surface area (Å²) in [5, 5.41) is 8.65. The normalized spacial score (nSPS) is 19.6. The zero-order chi connectivity index (χ0) is 9.14. The largest absolute Gasteiger partial charge is 0.480 e. The molecule has 0 aromatic carbocycles. The highest BCUT2D eigenvalue weighted by Gasteiger charge is 2.27. The molecule has 0 spiro atoms. The standard InChI is InChI=1S/C9H16O2S/c1-6(2)8(9(10)11)12-5-7-3-4-7/h6-8H,3-5H2,1-2H3,(H,10,11). The van der Waals surface area contributed by atoms with Crippen LogP contribution >= 0.6 is 11.8 Å². The number of rotatable bonds is 5. The van der Waals surface area contributed by atoms with Crippen LogP contribution in [0.1, 0.15) is 26.7 Å². The van der Waals surface area contributed by atoms with Gasteiger partial charge in [0.1, 0.15) is 5.25 Å². The second kappa shape index (κ2) is 4.17. The molecule has 1 N–H and O–H groups in total. The zero-order valence-corrected chi connectivity index (χ0v) is 8.43. The Kier molecular flexibility index (Phi) is 3.44. The molecule has 1 aliphatic rings. The minimum atomic E-state index is -0.657. The van der Waals surface area contributed by atoms with Crippen LogP contribution in [-0.2, 0) is 4.79 Å². The Labute approximate surface area is 77.7 Å². The van der Waals surface area contributed by atoms with E-state index in [0.717, 1.165) is 11.7 Å². The molecule has 3 heteroatoms. The maximum absolute atomic E-state index is 10.8. The lowest BCUT2D eigenvalue weighted by molar-refractivity contribution is -0.137. The molecule has 1 saturated carbocycles. The summed E-state index contributed by atoms with van der Waals surface area (Å²) in [6, 6.07) is 0. The van der Waals surface area contributed by atoms with E-state index in [1.54, 1.807) is 11.8 Å². The molecule has 0 aromatic heterocycles. The maximum atomic E-state index is 10.8. The first-order valence-corrected chi connectivity index (χ1v) is 5.50. The van der Waals surface area contributed by atoms with E-state index in [0.29, 0.717) is 0 Å². The molecular formula is C9H16O2S. The van der Waals surface area contributed by atoms with Gasteiger partial charge < -0.3 is 5.11 Å². The van der Waals surface area contributed by atoms with E-state index in [1.165, 1.54) is 12.8 Å². The van der Waals surface area contributed by atoms with Gasteiger partial charge >= 0.3 is 5.97 Å². The van der Waals surface area contributed by atoms with Crippen LogP contribution in [0.4, 0.5) is 0 Å². The number of carbonyl (C=O) groups is 1. The van der Waals surface area contributed by atoms with Crippen LogP contribution in [0.3, 0.4) is 0 Å². The molecule has 1 rings (SSSR count). The summed E-state index contributed by atoms with van der Waals surface area (Å²) in [6.07, 6.45) is 2.61. The third kappa shape index (κ3) is 3.05. The minimum Gasteiger partial charge on any atom is -0.480 e. The highest BCUT2D eigenvalue weighted by Crippen LogP contribution is 2.35. The summed E-state index contributed by atoms with van der Waals surface area (Å²) in [4.78, 5) is 10.8. The van der Waals surface area contributed by atoms with Gasteiger partial charge in [0.25, 0.3) is 0 Å². The van der Waals surface area contributed by atoms with Gasteiger partial charge in [-0.2, -0.15) is 0 Å². The molecule has 12 heavy (non-hydrogen) atoms. The molecule has 0 heterocycles. The van der Waals surface area contributed by atoms with Crippen LogP contribution in [0.25, 0.3) is 0 Å². The Morgan fingerprint density at radius 1 is 1.58 bits per heavy atom. The summed E-state index contributed by atoms with van der Waals surface area (Å²) in [6.45, 7) is 3.94. The number of carboxylic acid groups (broad SMARTS) is 1. The van der Waals surface area contributed by atoms with E-state index in [9.17, 15) is 4.79 Å². The molecule has 70 valence electrons. The van der Waals surface area contributed by atoms with E-state index in [1.807, 2.05) is 13.8 Å². The molecule has 0 amide bonds. The Hall–Kier alpha value is -0.180. The van der Waals surface area contributed by atoms with E-state index in [-0.39, 0.29) is 11.2 Å². The van der Waals surface area contributed by atoms with Crippen LogP contribution in [0, 0.1) is 11.8 Å². The third-order valence-corrected chi connectivity index (χ3v) is 3.83. The van der Waals surface area contributed by atoms with Crippen molar-refractivity contribution in [2.24, 2.45) is 11.8 Å². The Morgan fingerprint density at radius 3 is 2.50 bits per heavy atom. The predicted octanol–water partition coefficient (Wildman–Crippen LogP) is 2.24. The predicted molar refractivity (Wildman–Crippen MR) is 51.4 cm³/mol. The summed E-state index contributed by atoms with van der Waals surface area (Å²) < 4.78 is 0. The van der Waals surface area contributed by atoms with Crippen LogP contribution in [-0.4, -0.2) is 22.1 Å². The fourth-order valence-corrected chi connectivity index (χ4v) is 2.41. The molecule has 0 saturated heterocycles. The molecule has 0 bridgehead atoms. The number of carboxylic acids is 1. The molecule has 1 atom stereocenters. The van der Waals surface area contributed by atoms with Gasteiger partial charge in [0.15, 0.2) is 0 Å². The van der Waals surface area contributed by atoms with E-state index < -0.39 is 5.97 Å². The van der Waals surface area contributed by atoms with Crippen molar-refractivity contribution in [3.8, 4) is 0 Å². The quantitative estimate of drug-likeness (QED) is 0.719. The summed E-state index contributed by atoms with van der Waals surface area (Å²) >= 11 is 1.61. The van der Waals surface area contributed by atoms with Crippen LogP contribution in [0.5, 0.6) is 0 Å². The molecular weight excluding hydrogens is 172 g/mol. The first kappa shape index (κ1) is 9.90. The number of thioether (sulfide) groups is 1. The van der Waals surface area contributed by atoms with Gasteiger partial charge in [-0.3, -0.25) is 4.79 Å². The van der Waals surface area contributed by atoms with Gasteiger partial charge in [0.05, 0.1) is 0 Å².